The van der Waals surface area contributed by atoms with Gasteiger partial charge in [-0.05, 0) is 12.0 Å². The molecule has 94 valence electrons. The van der Waals surface area contributed by atoms with Crippen LogP contribution in [0.4, 0.5) is 11.4 Å². The third kappa shape index (κ3) is 3.87. The fourth-order valence-corrected chi connectivity index (χ4v) is 1.70. The highest BCUT2D eigenvalue weighted by molar-refractivity contribution is 6.33. The van der Waals surface area contributed by atoms with Gasteiger partial charge in [0.25, 0.3) is 5.69 Å². The van der Waals surface area contributed by atoms with Crippen molar-refractivity contribution in [3.63, 3.8) is 0 Å². The second-order valence-electron chi connectivity index (χ2n) is 3.83. The lowest BCUT2D eigenvalue weighted by Gasteiger charge is -2.13. The van der Waals surface area contributed by atoms with Crippen LogP contribution in [0.25, 0.3) is 0 Å². The first-order valence-corrected chi connectivity index (χ1v) is 5.59. The number of nitrogens with zero attached hydrogens (tertiary/aromatic N) is 1. The fourth-order valence-electron chi connectivity index (χ4n) is 1.46. The van der Waals surface area contributed by atoms with Crippen LogP contribution in [0.5, 0.6) is 0 Å². The van der Waals surface area contributed by atoms with E-state index in [4.69, 9.17) is 16.3 Å². The third-order valence-electron chi connectivity index (χ3n) is 2.27. The molecule has 1 N–H and O–H groups in total. The molecule has 0 fully saturated rings. The van der Waals surface area contributed by atoms with Crippen molar-refractivity contribution < 1.29 is 9.66 Å². The molecule has 0 amide bonds. The molecule has 0 saturated carbocycles. The number of rotatable bonds is 6. The van der Waals surface area contributed by atoms with Gasteiger partial charge in [0.1, 0.15) is 5.69 Å². The molecule has 0 aliphatic heterocycles. The molecule has 0 heterocycles. The third-order valence-corrected chi connectivity index (χ3v) is 2.58. The Morgan fingerprint density at radius 1 is 1.59 bits per heavy atom. The highest BCUT2D eigenvalue weighted by Gasteiger charge is 2.16. The molecular weight excluding hydrogens is 244 g/mol. The van der Waals surface area contributed by atoms with E-state index in [0.29, 0.717) is 23.9 Å². The number of hydrogen-bond donors (Lipinski definition) is 1. The molecule has 6 heteroatoms. The Morgan fingerprint density at radius 3 is 2.88 bits per heavy atom. The van der Waals surface area contributed by atoms with E-state index in [-0.39, 0.29) is 11.6 Å². The number of nitro groups is 1. The first-order chi connectivity index (χ1) is 8.06. The number of ether oxygens (including phenoxy) is 1. The van der Waals surface area contributed by atoms with E-state index >= 15 is 0 Å². The zero-order valence-electron chi connectivity index (χ0n) is 9.77. The van der Waals surface area contributed by atoms with Crippen LogP contribution in [0.1, 0.15) is 6.92 Å². The number of nitrogens with one attached hydrogen (secondary N) is 1. The quantitative estimate of drug-likeness (QED) is 0.629. The molecule has 1 rings (SSSR count). The average Bonchev–Trinajstić information content (AvgIpc) is 2.27. The molecular formula is C11H15ClN2O3. The maximum atomic E-state index is 10.8. The molecule has 0 spiro atoms. The van der Waals surface area contributed by atoms with Crippen LogP contribution in [0.15, 0.2) is 18.2 Å². The van der Waals surface area contributed by atoms with E-state index in [2.05, 4.69) is 5.32 Å². The molecule has 0 saturated heterocycles. The van der Waals surface area contributed by atoms with Gasteiger partial charge in [-0.25, -0.2) is 0 Å². The first-order valence-electron chi connectivity index (χ1n) is 5.22. The topological polar surface area (TPSA) is 64.4 Å². The molecule has 1 aromatic rings. The lowest BCUT2D eigenvalue weighted by Crippen LogP contribution is -2.16. The van der Waals surface area contributed by atoms with Crippen molar-refractivity contribution in [2.45, 2.75) is 6.92 Å². The van der Waals surface area contributed by atoms with Gasteiger partial charge in [-0.1, -0.05) is 24.6 Å². The van der Waals surface area contributed by atoms with Gasteiger partial charge in [-0.15, -0.1) is 0 Å². The van der Waals surface area contributed by atoms with Crippen LogP contribution in [0.2, 0.25) is 5.02 Å². The molecule has 0 aliphatic rings. The van der Waals surface area contributed by atoms with Gasteiger partial charge in [0, 0.05) is 19.7 Å². The summed E-state index contributed by atoms with van der Waals surface area (Å²) in [6, 6.07) is 4.61. The number of halogens is 1. The van der Waals surface area contributed by atoms with Gasteiger partial charge in [0.05, 0.1) is 16.6 Å². The monoisotopic (exact) mass is 258 g/mol. The number of nitro benzene ring substituents is 1. The van der Waals surface area contributed by atoms with Crippen molar-refractivity contribution in [2.24, 2.45) is 5.92 Å². The second-order valence-corrected chi connectivity index (χ2v) is 4.24. The van der Waals surface area contributed by atoms with Gasteiger partial charge in [-0.2, -0.15) is 0 Å². The van der Waals surface area contributed by atoms with Crippen molar-refractivity contribution >= 4 is 23.0 Å². The van der Waals surface area contributed by atoms with Gasteiger partial charge in [0.15, 0.2) is 0 Å². The summed E-state index contributed by atoms with van der Waals surface area (Å²) in [5.74, 6) is 0.246. The van der Waals surface area contributed by atoms with Crippen molar-refractivity contribution in [1.82, 2.24) is 0 Å². The Labute approximate surface area is 105 Å². The largest absolute Gasteiger partial charge is 0.384 e. The SMILES string of the molecule is COCC(C)CNc1c(Cl)cccc1[N+](=O)[O-]. The molecule has 0 bridgehead atoms. The van der Waals surface area contributed by atoms with Crippen LogP contribution < -0.4 is 5.32 Å². The summed E-state index contributed by atoms with van der Waals surface area (Å²) in [4.78, 5) is 10.4. The van der Waals surface area contributed by atoms with Crippen molar-refractivity contribution in [3.05, 3.63) is 33.3 Å². The van der Waals surface area contributed by atoms with Crippen molar-refractivity contribution in [2.75, 3.05) is 25.6 Å². The molecule has 5 nitrogen and oxygen atoms in total. The summed E-state index contributed by atoms with van der Waals surface area (Å²) in [7, 11) is 1.62. The minimum atomic E-state index is -0.449. The Hall–Kier alpha value is -1.33. The first kappa shape index (κ1) is 13.7. The second kappa shape index (κ2) is 6.42. The predicted octanol–water partition coefficient (Wildman–Crippen LogP) is 2.94. The van der Waals surface area contributed by atoms with E-state index in [9.17, 15) is 10.1 Å². The summed E-state index contributed by atoms with van der Waals surface area (Å²) in [5.41, 5.74) is 0.351. The molecule has 1 unspecified atom stereocenters. The van der Waals surface area contributed by atoms with Crippen LogP contribution in [-0.2, 0) is 4.74 Å². The molecule has 1 atom stereocenters. The van der Waals surface area contributed by atoms with Gasteiger partial charge in [-0.3, -0.25) is 10.1 Å². The number of benzene rings is 1. The van der Waals surface area contributed by atoms with Crippen LogP contribution in [0.3, 0.4) is 0 Å². The van der Waals surface area contributed by atoms with Gasteiger partial charge < -0.3 is 10.1 Å². The average molecular weight is 259 g/mol. The number of hydrogen-bond acceptors (Lipinski definition) is 4. The van der Waals surface area contributed by atoms with Crippen molar-refractivity contribution in [3.8, 4) is 0 Å². The lowest BCUT2D eigenvalue weighted by molar-refractivity contribution is -0.383. The summed E-state index contributed by atoms with van der Waals surface area (Å²) in [5, 5.41) is 14.2. The standard InChI is InChI=1S/C11H15ClN2O3/c1-8(7-17-2)6-13-11-9(12)4-3-5-10(11)14(15)16/h3-5,8,13H,6-7H2,1-2H3. The van der Waals surface area contributed by atoms with Gasteiger partial charge >= 0.3 is 0 Å². The molecule has 0 aliphatic carbocycles. The highest BCUT2D eigenvalue weighted by atomic mass is 35.5. The zero-order valence-corrected chi connectivity index (χ0v) is 10.5. The van der Waals surface area contributed by atoms with E-state index in [1.165, 1.54) is 6.07 Å². The summed E-state index contributed by atoms with van der Waals surface area (Å²) in [6.07, 6.45) is 0. The fraction of sp³-hybridized carbons (Fsp3) is 0.455. The van der Waals surface area contributed by atoms with Gasteiger partial charge in [0.2, 0.25) is 0 Å². The maximum absolute atomic E-state index is 10.8. The normalized spacial score (nSPS) is 12.2. The zero-order chi connectivity index (χ0) is 12.8. The van der Waals surface area contributed by atoms with Crippen LogP contribution in [-0.4, -0.2) is 25.2 Å². The maximum Gasteiger partial charge on any atom is 0.293 e. The van der Waals surface area contributed by atoms with Crippen LogP contribution >= 0.6 is 11.6 Å². The van der Waals surface area contributed by atoms with E-state index in [1.54, 1.807) is 19.2 Å². The smallest absolute Gasteiger partial charge is 0.293 e. The minimum absolute atomic E-state index is 0.0119. The Bertz CT molecular complexity index is 398. The predicted molar refractivity (Wildman–Crippen MR) is 67.6 cm³/mol. The van der Waals surface area contributed by atoms with Crippen molar-refractivity contribution in [1.29, 1.82) is 0 Å². The molecule has 0 radical (unpaired) electrons. The Balaban J connectivity index is 2.79. The number of para-hydroxylation sites is 1. The Kier molecular flexibility index (Phi) is 5.18. The summed E-state index contributed by atoms with van der Waals surface area (Å²) >= 11 is 5.94. The molecule has 0 aromatic heterocycles. The van der Waals surface area contributed by atoms with Crippen LogP contribution in [0, 0.1) is 16.0 Å². The minimum Gasteiger partial charge on any atom is -0.384 e. The number of anilines is 1. The lowest BCUT2D eigenvalue weighted by atomic mass is 10.2. The Morgan fingerprint density at radius 2 is 2.29 bits per heavy atom. The molecule has 17 heavy (non-hydrogen) atoms. The number of methoxy groups -OCH3 is 1. The van der Waals surface area contributed by atoms with E-state index in [0.717, 1.165) is 0 Å². The highest BCUT2D eigenvalue weighted by Crippen LogP contribution is 2.31. The van der Waals surface area contributed by atoms with E-state index in [1.807, 2.05) is 6.92 Å². The summed E-state index contributed by atoms with van der Waals surface area (Å²) < 4.78 is 4.99. The summed E-state index contributed by atoms with van der Waals surface area (Å²) in [6.45, 7) is 3.14. The molecule has 1 aromatic carbocycles. The van der Waals surface area contributed by atoms with E-state index < -0.39 is 4.92 Å².